The highest BCUT2D eigenvalue weighted by Gasteiger charge is 2.05. The Morgan fingerprint density at radius 3 is 1.02 bits per heavy atom. The molecule has 0 atom stereocenters. The van der Waals surface area contributed by atoms with E-state index in [0.717, 1.165) is 67.8 Å². The summed E-state index contributed by atoms with van der Waals surface area (Å²) < 4.78 is 23.5. The van der Waals surface area contributed by atoms with Crippen LogP contribution in [0.25, 0.3) is 0 Å². The number of benzene rings is 4. The molecule has 57 heavy (non-hydrogen) atoms. The molecule has 0 bridgehead atoms. The number of rotatable bonds is 30. The van der Waals surface area contributed by atoms with Crippen LogP contribution in [0.4, 0.5) is 11.4 Å². The number of phenols is 2. The summed E-state index contributed by atoms with van der Waals surface area (Å²) in [4.78, 5) is 9.03. The minimum absolute atomic E-state index is 0.157. The van der Waals surface area contributed by atoms with Crippen LogP contribution in [-0.2, 0) is 0 Å². The van der Waals surface area contributed by atoms with Crippen molar-refractivity contribution in [3.8, 4) is 34.5 Å². The second-order valence-electron chi connectivity index (χ2n) is 14.6. The molecule has 8 nitrogen and oxygen atoms in total. The van der Waals surface area contributed by atoms with Crippen LogP contribution in [0.2, 0.25) is 0 Å². The first kappa shape index (κ1) is 44.7. The van der Waals surface area contributed by atoms with Crippen molar-refractivity contribution in [2.45, 2.75) is 123 Å². The Balaban J connectivity index is 1.02. The number of phenolic OH excluding ortho intramolecular Hbond substituents is 2. The average molecular weight is 779 g/mol. The molecule has 0 aliphatic carbocycles. The third-order valence-corrected chi connectivity index (χ3v) is 9.74. The van der Waals surface area contributed by atoms with Crippen molar-refractivity contribution in [3.63, 3.8) is 0 Å². The molecule has 0 fully saturated rings. The number of hydrogen-bond acceptors (Lipinski definition) is 8. The van der Waals surface area contributed by atoms with Crippen LogP contribution in [0.3, 0.4) is 0 Å². The maximum absolute atomic E-state index is 10.4. The van der Waals surface area contributed by atoms with Crippen LogP contribution in [0.5, 0.6) is 34.5 Å². The van der Waals surface area contributed by atoms with Crippen LogP contribution >= 0.6 is 0 Å². The number of ether oxygens (including phenoxy) is 4. The second-order valence-corrected chi connectivity index (χ2v) is 14.6. The minimum atomic E-state index is 0.157. The minimum Gasteiger partial charge on any atom is -0.507 e. The van der Waals surface area contributed by atoms with Gasteiger partial charge in [0.2, 0.25) is 0 Å². The predicted molar refractivity (Wildman–Crippen MR) is 235 cm³/mol. The molecule has 0 aliphatic heterocycles. The van der Waals surface area contributed by atoms with E-state index in [4.69, 9.17) is 18.9 Å². The van der Waals surface area contributed by atoms with Crippen LogP contribution in [0, 0.1) is 0 Å². The van der Waals surface area contributed by atoms with E-state index in [1.54, 1.807) is 24.6 Å². The number of hydrogen-bond donors (Lipinski definition) is 2. The smallest absolute Gasteiger partial charge is 0.128 e. The average Bonchev–Trinajstić information content (AvgIpc) is 3.22. The third kappa shape index (κ3) is 18.7. The monoisotopic (exact) mass is 778 g/mol. The number of aromatic hydroxyl groups is 2. The Morgan fingerprint density at radius 1 is 0.386 bits per heavy atom. The van der Waals surface area contributed by atoms with Crippen molar-refractivity contribution >= 4 is 23.8 Å². The molecule has 0 aliphatic rings. The van der Waals surface area contributed by atoms with Crippen molar-refractivity contribution in [2.24, 2.45) is 9.98 Å². The lowest BCUT2D eigenvalue weighted by molar-refractivity contribution is 0.293. The van der Waals surface area contributed by atoms with Crippen molar-refractivity contribution in [3.05, 3.63) is 96.1 Å². The standard InChI is InChI=1S/C49H66N2O6/c1-3-5-7-9-12-18-34-56-46-26-20-40(48(52)36-46)38-50-42-22-28-44(29-23-42)54-32-16-14-11-15-17-33-55-45-30-24-43(25-31-45)51-39-41-21-27-47(37-49(41)53)57-35-19-13-10-8-6-4-2/h20-31,36-39,52-53H,3-19,32-35H2,1-2H3. The van der Waals surface area contributed by atoms with Gasteiger partial charge in [-0.15, -0.1) is 0 Å². The fourth-order valence-electron chi connectivity index (χ4n) is 6.25. The number of aliphatic imine (C=N–C) groups is 2. The first-order valence-electron chi connectivity index (χ1n) is 21.5. The van der Waals surface area contributed by atoms with E-state index in [9.17, 15) is 10.2 Å². The largest absolute Gasteiger partial charge is 0.507 e. The molecule has 0 saturated heterocycles. The molecular formula is C49H66N2O6. The van der Waals surface area contributed by atoms with E-state index in [1.165, 1.54) is 64.2 Å². The van der Waals surface area contributed by atoms with Crippen LogP contribution < -0.4 is 18.9 Å². The molecule has 8 heteroatoms. The number of nitrogens with zero attached hydrogens (tertiary/aromatic N) is 2. The molecule has 0 amide bonds. The summed E-state index contributed by atoms with van der Waals surface area (Å²) in [7, 11) is 0. The predicted octanol–water partition coefficient (Wildman–Crippen LogP) is 13.5. The van der Waals surface area contributed by atoms with Gasteiger partial charge < -0.3 is 29.2 Å². The molecule has 4 rings (SSSR count). The number of unbranched alkanes of at least 4 members (excludes halogenated alkanes) is 14. The van der Waals surface area contributed by atoms with Crippen molar-refractivity contribution in [2.75, 3.05) is 26.4 Å². The zero-order chi connectivity index (χ0) is 40.2. The maximum Gasteiger partial charge on any atom is 0.128 e. The molecule has 0 radical (unpaired) electrons. The summed E-state index contributed by atoms with van der Waals surface area (Å²) in [5.41, 5.74) is 2.88. The quantitative estimate of drug-likeness (QED) is 0.0404. The van der Waals surface area contributed by atoms with Crippen molar-refractivity contribution < 1.29 is 29.2 Å². The van der Waals surface area contributed by atoms with Gasteiger partial charge in [-0.3, -0.25) is 9.98 Å². The van der Waals surface area contributed by atoms with E-state index in [1.807, 2.05) is 72.8 Å². The fourth-order valence-corrected chi connectivity index (χ4v) is 6.25. The summed E-state index contributed by atoms with van der Waals surface area (Å²) >= 11 is 0. The highest BCUT2D eigenvalue weighted by molar-refractivity contribution is 5.86. The van der Waals surface area contributed by atoms with Gasteiger partial charge >= 0.3 is 0 Å². The van der Waals surface area contributed by atoms with Gasteiger partial charge in [-0.25, -0.2) is 0 Å². The molecule has 2 N–H and O–H groups in total. The Bertz CT molecular complexity index is 1590. The Labute approximate surface area is 342 Å². The molecule has 308 valence electrons. The lowest BCUT2D eigenvalue weighted by Gasteiger charge is -2.08. The Kier molecular flexibility index (Phi) is 21.7. The van der Waals surface area contributed by atoms with Crippen LogP contribution in [-0.4, -0.2) is 49.1 Å². The molecule has 0 heterocycles. The van der Waals surface area contributed by atoms with Crippen LogP contribution in [0.15, 0.2) is 94.9 Å². The van der Waals surface area contributed by atoms with Gasteiger partial charge in [0, 0.05) is 35.7 Å². The summed E-state index contributed by atoms with van der Waals surface area (Å²) in [5, 5.41) is 20.9. The van der Waals surface area contributed by atoms with E-state index in [0.29, 0.717) is 49.1 Å². The molecular weight excluding hydrogens is 713 g/mol. The van der Waals surface area contributed by atoms with E-state index < -0.39 is 0 Å². The van der Waals surface area contributed by atoms with Crippen molar-refractivity contribution in [1.29, 1.82) is 0 Å². The maximum atomic E-state index is 10.4. The molecule has 0 spiro atoms. The second kappa shape index (κ2) is 27.6. The van der Waals surface area contributed by atoms with Gasteiger partial charge in [-0.2, -0.15) is 0 Å². The first-order valence-corrected chi connectivity index (χ1v) is 21.5. The van der Waals surface area contributed by atoms with Gasteiger partial charge in [0.1, 0.15) is 34.5 Å². The zero-order valence-corrected chi connectivity index (χ0v) is 34.5. The lowest BCUT2D eigenvalue weighted by atomic mass is 10.1. The normalized spacial score (nSPS) is 11.4. The van der Waals surface area contributed by atoms with Gasteiger partial charge in [0.25, 0.3) is 0 Å². The Hall–Kier alpha value is -4.98. The molecule has 4 aromatic carbocycles. The van der Waals surface area contributed by atoms with E-state index >= 15 is 0 Å². The first-order chi connectivity index (χ1) is 28.0. The third-order valence-electron chi connectivity index (χ3n) is 9.74. The van der Waals surface area contributed by atoms with Gasteiger partial charge in [0.05, 0.1) is 37.8 Å². The summed E-state index contributed by atoms with van der Waals surface area (Å²) in [6.45, 7) is 7.13. The van der Waals surface area contributed by atoms with Gasteiger partial charge in [0.15, 0.2) is 0 Å². The molecule has 0 saturated carbocycles. The molecule has 4 aromatic rings. The van der Waals surface area contributed by atoms with Crippen LogP contribution in [0.1, 0.15) is 134 Å². The van der Waals surface area contributed by atoms with E-state index in [2.05, 4.69) is 23.8 Å². The molecule has 0 aromatic heterocycles. The zero-order valence-electron chi connectivity index (χ0n) is 34.5. The highest BCUT2D eigenvalue weighted by atomic mass is 16.5. The van der Waals surface area contributed by atoms with Gasteiger partial charge in [-0.05, 0) is 98.5 Å². The van der Waals surface area contributed by atoms with Crippen molar-refractivity contribution in [1.82, 2.24) is 0 Å². The summed E-state index contributed by atoms with van der Waals surface area (Å²) in [6.07, 6.45) is 23.3. The SMILES string of the molecule is CCCCCCCCOc1ccc(C=Nc2ccc(OCCCCCCCOc3ccc(N=Cc4ccc(OCCCCCCCC)cc4O)cc3)cc2)c(O)c1. The summed E-state index contributed by atoms with van der Waals surface area (Å²) in [6, 6.07) is 26.1. The summed E-state index contributed by atoms with van der Waals surface area (Å²) in [5.74, 6) is 3.33. The Morgan fingerprint density at radius 2 is 0.684 bits per heavy atom. The fraction of sp³-hybridized carbons (Fsp3) is 0.469. The lowest BCUT2D eigenvalue weighted by Crippen LogP contribution is -1.99. The molecule has 0 unspecified atom stereocenters. The highest BCUT2D eigenvalue weighted by Crippen LogP contribution is 2.26. The van der Waals surface area contributed by atoms with Gasteiger partial charge in [-0.1, -0.05) is 97.3 Å². The van der Waals surface area contributed by atoms with E-state index in [-0.39, 0.29) is 11.5 Å². The topological polar surface area (TPSA) is 102 Å².